The Labute approximate surface area is 241 Å². The molecule has 2 aliphatic carbocycles. The van der Waals surface area contributed by atoms with Gasteiger partial charge in [0.05, 0.1) is 27.8 Å². The van der Waals surface area contributed by atoms with E-state index in [2.05, 4.69) is 33.0 Å². The first-order chi connectivity index (χ1) is 19.3. The van der Waals surface area contributed by atoms with Crippen molar-refractivity contribution in [3.05, 3.63) is 23.5 Å². The van der Waals surface area contributed by atoms with Crippen molar-refractivity contribution in [2.45, 2.75) is 141 Å². The third-order valence-electron chi connectivity index (χ3n) is 10.7. The highest BCUT2D eigenvalue weighted by Gasteiger charge is 2.73. The van der Waals surface area contributed by atoms with Crippen LogP contribution in [0, 0.1) is 5.41 Å². The number of unbranched alkanes of at least 4 members (excludes halogenated alkanes) is 13. The molecule has 2 bridgehead atoms. The molecule has 2 heterocycles. The van der Waals surface area contributed by atoms with Gasteiger partial charge < -0.3 is 14.8 Å². The highest BCUT2D eigenvalue weighted by Crippen LogP contribution is 2.70. The predicted molar refractivity (Wildman–Crippen MR) is 161 cm³/mol. The van der Waals surface area contributed by atoms with Crippen molar-refractivity contribution in [1.29, 1.82) is 0 Å². The Balaban J connectivity index is 1.10. The van der Waals surface area contributed by atoms with E-state index in [0.29, 0.717) is 5.75 Å². The van der Waals surface area contributed by atoms with E-state index in [1.165, 1.54) is 83.5 Å². The largest absolute Gasteiger partial charge is 0.454 e. The molecule has 1 aliphatic heterocycles. The number of carbonyl (C=O) groups excluding carboxylic acids is 1. The van der Waals surface area contributed by atoms with E-state index in [0.717, 1.165) is 54.0 Å². The van der Waals surface area contributed by atoms with Gasteiger partial charge in [0, 0.05) is 24.1 Å². The zero-order valence-electron chi connectivity index (χ0n) is 25.5. The van der Waals surface area contributed by atoms with Gasteiger partial charge in [-0.05, 0) is 24.7 Å². The van der Waals surface area contributed by atoms with Gasteiger partial charge >= 0.3 is 0 Å². The monoisotopic (exact) mass is 549 g/mol. The smallest absolute Gasteiger partial charge is 0.232 e. The van der Waals surface area contributed by atoms with Gasteiger partial charge in [0.15, 0.2) is 11.5 Å². The lowest BCUT2D eigenvalue weighted by atomic mass is 9.63. The topological polar surface area (TPSA) is 73.3 Å². The Kier molecular flexibility index (Phi) is 8.92. The van der Waals surface area contributed by atoms with Crippen LogP contribution in [0.15, 0.2) is 12.1 Å². The molecule has 220 valence electrons. The molecule has 0 saturated heterocycles. The minimum atomic E-state index is -0.648. The summed E-state index contributed by atoms with van der Waals surface area (Å²) in [6.07, 6.45) is 20.5. The van der Waals surface area contributed by atoms with Crippen LogP contribution in [0.3, 0.4) is 0 Å². The van der Waals surface area contributed by atoms with Crippen molar-refractivity contribution >= 4 is 16.9 Å². The fraction of sp³-hybridized carbons (Fsp3) is 0.735. The Bertz CT molecular complexity index is 1190. The Morgan fingerprint density at radius 1 is 0.750 bits per heavy atom. The number of carbonyl (C=O) groups is 1. The van der Waals surface area contributed by atoms with Gasteiger partial charge in [-0.25, -0.2) is 9.97 Å². The van der Waals surface area contributed by atoms with Crippen LogP contribution in [0.25, 0.3) is 11.0 Å². The fourth-order valence-corrected chi connectivity index (χ4v) is 7.67. The molecule has 2 aromatic rings. The van der Waals surface area contributed by atoms with Crippen molar-refractivity contribution in [3.8, 4) is 11.5 Å². The molecule has 1 aromatic heterocycles. The summed E-state index contributed by atoms with van der Waals surface area (Å²) in [6, 6.07) is 3.84. The summed E-state index contributed by atoms with van der Waals surface area (Å²) in [5.41, 5.74) is 2.34. The van der Waals surface area contributed by atoms with Gasteiger partial charge in [0.25, 0.3) is 0 Å². The first-order valence-corrected chi connectivity index (χ1v) is 16.3. The zero-order chi connectivity index (χ0) is 28.2. The quantitative estimate of drug-likeness (QED) is 0.213. The van der Waals surface area contributed by atoms with Gasteiger partial charge in [-0.15, -0.1) is 0 Å². The van der Waals surface area contributed by atoms with Crippen LogP contribution in [-0.4, -0.2) is 29.2 Å². The number of hydrogen-bond donors (Lipinski definition) is 1. The van der Waals surface area contributed by atoms with E-state index < -0.39 is 5.41 Å². The maximum atomic E-state index is 14.0. The number of nitrogens with one attached hydrogen (secondary N) is 1. The highest BCUT2D eigenvalue weighted by molar-refractivity contribution is 5.93. The van der Waals surface area contributed by atoms with Crippen LogP contribution in [0.2, 0.25) is 0 Å². The molecule has 1 saturated carbocycles. The van der Waals surface area contributed by atoms with Crippen molar-refractivity contribution in [3.63, 3.8) is 0 Å². The van der Waals surface area contributed by atoms with Crippen molar-refractivity contribution in [1.82, 2.24) is 15.3 Å². The summed E-state index contributed by atoms with van der Waals surface area (Å²) in [5, 5.41) is 3.34. The van der Waals surface area contributed by atoms with Crippen LogP contribution in [-0.2, 0) is 15.6 Å². The lowest BCUT2D eigenvalue weighted by molar-refractivity contribution is -0.130. The van der Waals surface area contributed by atoms with Gasteiger partial charge in [0.1, 0.15) is 0 Å². The van der Waals surface area contributed by atoms with Crippen LogP contribution in [0.1, 0.15) is 142 Å². The van der Waals surface area contributed by atoms with E-state index in [-0.39, 0.29) is 23.5 Å². The molecule has 1 amide bonds. The molecule has 1 aromatic carbocycles. The van der Waals surface area contributed by atoms with Crippen LogP contribution in [0.5, 0.6) is 11.5 Å². The first-order valence-electron chi connectivity index (χ1n) is 16.3. The van der Waals surface area contributed by atoms with Crippen molar-refractivity contribution in [2.24, 2.45) is 5.41 Å². The maximum Gasteiger partial charge on any atom is 0.232 e. The molecule has 1 N–H and O–H groups in total. The number of nitrogens with zero attached hydrogens (tertiary/aromatic N) is 2. The summed E-state index contributed by atoms with van der Waals surface area (Å²) in [7, 11) is 0. The molecule has 0 radical (unpaired) electrons. The molecule has 6 heteroatoms. The van der Waals surface area contributed by atoms with Crippen molar-refractivity contribution in [2.75, 3.05) is 13.3 Å². The summed E-state index contributed by atoms with van der Waals surface area (Å²) in [4.78, 5) is 24.2. The van der Waals surface area contributed by atoms with Crippen LogP contribution < -0.4 is 14.8 Å². The average Bonchev–Trinajstić information content (AvgIpc) is 3.52. The van der Waals surface area contributed by atoms with E-state index in [1.54, 1.807) is 0 Å². The molecule has 1 fully saturated rings. The number of hydrogen-bond acceptors (Lipinski definition) is 5. The van der Waals surface area contributed by atoms with Crippen molar-refractivity contribution < 1.29 is 14.3 Å². The second-order valence-corrected chi connectivity index (χ2v) is 13.3. The van der Waals surface area contributed by atoms with Gasteiger partial charge in [0.2, 0.25) is 12.7 Å². The summed E-state index contributed by atoms with van der Waals surface area (Å²) < 4.78 is 11.2. The molecular formula is C34H51N3O3. The number of rotatable bonds is 16. The molecule has 3 aliphatic rings. The Morgan fingerprint density at radius 2 is 1.25 bits per heavy atom. The van der Waals surface area contributed by atoms with E-state index >= 15 is 0 Å². The van der Waals surface area contributed by atoms with Crippen LogP contribution >= 0.6 is 0 Å². The second kappa shape index (κ2) is 12.2. The van der Waals surface area contributed by atoms with Gasteiger partial charge in [-0.1, -0.05) is 111 Å². The summed E-state index contributed by atoms with van der Waals surface area (Å²) >= 11 is 0. The number of ether oxygens (including phenoxy) is 2. The minimum absolute atomic E-state index is 0.129. The Morgan fingerprint density at radius 3 is 1.80 bits per heavy atom. The lowest BCUT2D eigenvalue weighted by Crippen LogP contribution is -2.51. The number of fused-ring (bicyclic) bond motifs is 7. The SMILES string of the molecule is CCCCCCCCCCCCCCCCNC(=O)C12CCC(C)(c3nc4cc5c(cc4nc31)OCO5)C2(C)C. The number of aromatic nitrogens is 2. The third-order valence-corrected chi connectivity index (χ3v) is 10.7. The fourth-order valence-electron chi connectivity index (χ4n) is 7.67. The summed E-state index contributed by atoms with van der Waals surface area (Å²) in [6.45, 7) is 10.00. The molecule has 2 unspecified atom stereocenters. The summed E-state index contributed by atoms with van der Waals surface area (Å²) in [5.74, 6) is 1.55. The molecule has 40 heavy (non-hydrogen) atoms. The number of benzene rings is 1. The van der Waals surface area contributed by atoms with E-state index in [4.69, 9.17) is 19.4 Å². The predicted octanol–water partition coefficient (Wildman–Crippen LogP) is 8.29. The standard InChI is InChI=1S/C34H51N3O3/c1-5-6-7-8-9-10-11-12-13-14-15-16-17-18-21-35-31(38)34-20-19-33(4,32(34,2)3)29-30(34)37-26-23-28-27(39-24-40-28)22-25(26)36-29/h22-23H,5-21,24H2,1-4H3,(H,35,38). The van der Waals surface area contributed by atoms with Gasteiger partial charge in [-0.2, -0.15) is 0 Å². The molecule has 2 atom stereocenters. The normalized spacial score (nSPS) is 23.6. The molecular weight excluding hydrogens is 498 g/mol. The van der Waals surface area contributed by atoms with Crippen LogP contribution in [0.4, 0.5) is 0 Å². The molecule has 5 rings (SSSR count). The third kappa shape index (κ3) is 5.09. The second-order valence-electron chi connectivity index (χ2n) is 13.3. The minimum Gasteiger partial charge on any atom is -0.454 e. The van der Waals surface area contributed by atoms with E-state index in [9.17, 15) is 4.79 Å². The molecule has 0 spiro atoms. The first kappa shape index (κ1) is 29.1. The average molecular weight is 550 g/mol. The maximum absolute atomic E-state index is 14.0. The van der Waals surface area contributed by atoms with E-state index in [1.807, 2.05) is 12.1 Å². The molecule has 6 nitrogen and oxygen atoms in total. The number of amides is 1. The lowest BCUT2D eigenvalue weighted by Gasteiger charge is -2.39. The van der Waals surface area contributed by atoms with Gasteiger partial charge in [-0.3, -0.25) is 4.79 Å². The Hall–Kier alpha value is -2.37. The highest BCUT2D eigenvalue weighted by atomic mass is 16.7. The zero-order valence-corrected chi connectivity index (χ0v) is 25.5.